The summed E-state index contributed by atoms with van der Waals surface area (Å²) >= 11 is 6.07. The molecule has 0 spiro atoms. The van der Waals surface area contributed by atoms with Crippen LogP contribution in [0, 0.1) is 5.92 Å². The van der Waals surface area contributed by atoms with Gasteiger partial charge in [0.2, 0.25) is 5.91 Å². The first kappa shape index (κ1) is 27.1. The maximum Gasteiger partial charge on any atom is 0.356 e. The SMILES string of the molecule is O=C1C(CCC(O)c2cccc(Cl)c2)C(c2ccc(-c3cccc(P(=O)(O)O)c3)c(O)c2)N1c1ccccc1. The third kappa shape index (κ3) is 5.64. The topological polar surface area (TPSA) is 118 Å². The molecule has 1 aliphatic heterocycles. The minimum atomic E-state index is -4.45. The van der Waals surface area contributed by atoms with E-state index in [1.165, 1.54) is 18.2 Å². The van der Waals surface area contributed by atoms with Gasteiger partial charge >= 0.3 is 7.60 Å². The van der Waals surface area contributed by atoms with Gasteiger partial charge in [0.15, 0.2) is 0 Å². The van der Waals surface area contributed by atoms with Crippen molar-refractivity contribution in [3.8, 4) is 16.9 Å². The van der Waals surface area contributed by atoms with Gasteiger partial charge in [-0.1, -0.05) is 66.2 Å². The van der Waals surface area contributed by atoms with Crippen LogP contribution in [0.3, 0.4) is 0 Å². The maximum atomic E-state index is 13.3. The summed E-state index contributed by atoms with van der Waals surface area (Å²) in [5.74, 6) is -0.551. The number of phenols is 1. The molecule has 0 aliphatic carbocycles. The molecule has 3 unspecified atom stereocenters. The fourth-order valence-electron chi connectivity index (χ4n) is 5.14. The summed E-state index contributed by atoms with van der Waals surface area (Å²) in [6.45, 7) is 0. The molecular weight excluding hydrogens is 537 g/mol. The number of aliphatic hydroxyl groups excluding tert-OH is 1. The van der Waals surface area contributed by atoms with E-state index in [-0.39, 0.29) is 23.0 Å². The quantitative estimate of drug-likeness (QED) is 0.160. The van der Waals surface area contributed by atoms with E-state index in [4.69, 9.17) is 11.6 Å². The molecule has 0 bridgehead atoms. The number of amides is 1. The van der Waals surface area contributed by atoms with Crippen molar-refractivity contribution >= 4 is 36.1 Å². The van der Waals surface area contributed by atoms with Crippen LogP contribution in [-0.2, 0) is 9.36 Å². The van der Waals surface area contributed by atoms with Crippen LogP contribution in [0.5, 0.6) is 5.75 Å². The summed E-state index contributed by atoms with van der Waals surface area (Å²) in [4.78, 5) is 34.1. The van der Waals surface area contributed by atoms with Gasteiger partial charge in [0.05, 0.1) is 23.4 Å². The molecule has 0 radical (unpaired) electrons. The Hall–Kier alpha value is -3.45. The van der Waals surface area contributed by atoms with E-state index in [1.54, 1.807) is 47.4 Å². The average molecular weight is 564 g/mol. The summed E-state index contributed by atoms with van der Waals surface area (Å²) in [6, 6.07) is 26.9. The normalized spacial score (nSPS) is 18.1. The van der Waals surface area contributed by atoms with E-state index < -0.39 is 19.6 Å². The zero-order chi connectivity index (χ0) is 27.7. The first-order chi connectivity index (χ1) is 18.6. The van der Waals surface area contributed by atoms with Gasteiger partial charge in [-0.15, -0.1) is 0 Å². The van der Waals surface area contributed by atoms with Crippen molar-refractivity contribution in [3.63, 3.8) is 0 Å². The van der Waals surface area contributed by atoms with Gasteiger partial charge in [-0.2, -0.15) is 0 Å². The molecule has 4 aromatic carbocycles. The Morgan fingerprint density at radius 1 is 0.897 bits per heavy atom. The lowest BCUT2D eigenvalue weighted by molar-refractivity contribution is -0.131. The van der Waals surface area contributed by atoms with E-state index in [0.29, 0.717) is 40.1 Å². The van der Waals surface area contributed by atoms with Gasteiger partial charge in [-0.3, -0.25) is 9.36 Å². The zero-order valence-electron chi connectivity index (χ0n) is 20.8. The molecule has 0 saturated carbocycles. The van der Waals surface area contributed by atoms with Crippen LogP contribution < -0.4 is 10.2 Å². The number of aliphatic hydroxyl groups is 1. The maximum absolute atomic E-state index is 13.3. The van der Waals surface area contributed by atoms with E-state index in [9.17, 15) is 29.4 Å². The van der Waals surface area contributed by atoms with Gasteiger partial charge < -0.3 is 24.9 Å². The van der Waals surface area contributed by atoms with E-state index >= 15 is 0 Å². The lowest BCUT2D eigenvalue weighted by Crippen LogP contribution is -2.55. The number of halogens is 1. The third-order valence-corrected chi connectivity index (χ3v) is 8.28. The van der Waals surface area contributed by atoms with E-state index in [1.807, 2.05) is 36.4 Å². The second-order valence-electron chi connectivity index (χ2n) is 9.61. The lowest BCUT2D eigenvalue weighted by atomic mass is 9.78. The van der Waals surface area contributed by atoms with Crippen molar-refractivity contribution in [2.75, 3.05) is 4.90 Å². The number of carbonyl (C=O) groups is 1. The number of para-hydroxylation sites is 1. The Bertz CT molecular complexity index is 1560. The van der Waals surface area contributed by atoms with Crippen molar-refractivity contribution in [2.45, 2.75) is 25.0 Å². The van der Waals surface area contributed by atoms with Gasteiger partial charge in [0.1, 0.15) is 5.75 Å². The monoisotopic (exact) mass is 563 g/mol. The van der Waals surface area contributed by atoms with Crippen molar-refractivity contribution in [2.24, 2.45) is 5.92 Å². The molecule has 1 aliphatic rings. The highest BCUT2D eigenvalue weighted by molar-refractivity contribution is 7.60. The molecule has 4 aromatic rings. The Labute approximate surface area is 231 Å². The fraction of sp³-hybridized carbons (Fsp3) is 0.167. The number of rotatable bonds is 8. The Morgan fingerprint density at radius 3 is 2.33 bits per heavy atom. The number of aromatic hydroxyl groups is 1. The number of nitrogens with zero attached hydrogens (tertiary/aromatic N) is 1. The first-order valence-corrected chi connectivity index (χ1v) is 14.4. The summed E-state index contributed by atoms with van der Waals surface area (Å²) < 4.78 is 11.7. The number of carbonyl (C=O) groups excluding carboxylic acids is 1. The number of hydrogen-bond donors (Lipinski definition) is 4. The van der Waals surface area contributed by atoms with Crippen molar-refractivity contribution in [1.29, 1.82) is 0 Å². The van der Waals surface area contributed by atoms with Gasteiger partial charge in [0.25, 0.3) is 0 Å². The summed E-state index contributed by atoms with van der Waals surface area (Å²) in [6.07, 6.45) is 0.00245. The highest BCUT2D eigenvalue weighted by Gasteiger charge is 2.48. The average Bonchev–Trinajstić information content (AvgIpc) is 2.91. The molecule has 9 heteroatoms. The van der Waals surface area contributed by atoms with Crippen LogP contribution in [0.25, 0.3) is 11.1 Å². The van der Waals surface area contributed by atoms with Crippen LogP contribution in [0.15, 0.2) is 97.1 Å². The standard InChI is InChI=1S/C30H27ClNO6P/c31-22-8-4-7-20(16-22)27(33)15-14-26-29(32(30(26)35)23-9-2-1-3-10-23)21-12-13-25(28(34)18-21)19-6-5-11-24(17-19)39(36,37)38/h1-13,16-18,26-27,29,33-34H,14-15H2,(H2,36,37,38). The van der Waals surface area contributed by atoms with Crippen LogP contribution in [-0.4, -0.2) is 25.9 Å². The van der Waals surface area contributed by atoms with Crippen LogP contribution >= 0.6 is 19.2 Å². The molecule has 200 valence electrons. The number of hydrogen-bond acceptors (Lipinski definition) is 4. The lowest BCUT2D eigenvalue weighted by Gasteiger charge is -2.48. The second-order valence-corrected chi connectivity index (χ2v) is 11.7. The third-order valence-electron chi connectivity index (χ3n) is 7.09. The Morgan fingerprint density at radius 2 is 1.64 bits per heavy atom. The van der Waals surface area contributed by atoms with Gasteiger partial charge in [-0.05, 0) is 72.0 Å². The van der Waals surface area contributed by atoms with Crippen LogP contribution in [0.4, 0.5) is 5.69 Å². The molecule has 0 aromatic heterocycles. The number of β-lactam (4-membered cyclic amide) rings is 1. The van der Waals surface area contributed by atoms with E-state index in [0.717, 1.165) is 5.69 Å². The predicted octanol–water partition coefficient (Wildman–Crippen LogP) is 5.73. The smallest absolute Gasteiger partial charge is 0.356 e. The molecule has 4 N–H and O–H groups in total. The highest BCUT2D eigenvalue weighted by Crippen LogP contribution is 2.48. The minimum absolute atomic E-state index is 0.0672. The van der Waals surface area contributed by atoms with E-state index in [2.05, 4.69) is 0 Å². The van der Waals surface area contributed by atoms with Crippen molar-refractivity contribution in [3.05, 3.63) is 113 Å². The number of anilines is 1. The summed E-state index contributed by atoms with van der Waals surface area (Å²) in [5.41, 5.74) is 3.01. The second kappa shape index (κ2) is 11.0. The molecule has 5 rings (SSSR count). The Balaban J connectivity index is 1.44. The van der Waals surface area contributed by atoms with Crippen molar-refractivity contribution in [1.82, 2.24) is 0 Å². The fourth-order valence-corrected chi connectivity index (χ4v) is 5.92. The molecule has 1 heterocycles. The minimum Gasteiger partial charge on any atom is -0.507 e. The predicted molar refractivity (Wildman–Crippen MR) is 151 cm³/mol. The molecule has 1 saturated heterocycles. The number of benzene rings is 4. The van der Waals surface area contributed by atoms with Crippen molar-refractivity contribution < 1.29 is 29.4 Å². The van der Waals surface area contributed by atoms with Gasteiger partial charge in [0, 0.05) is 16.3 Å². The summed E-state index contributed by atoms with van der Waals surface area (Å²) in [7, 11) is -4.45. The first-order valence-electron chi connectivity index (χ1n) is 12.4. The molecular formula is C30H27ClNO6P. The molecule has 1 amide bonds. The Kier molecular flexibility index (Phi) is 7.63. The highest BCUT2D eigenvalue weighted by atomic mass is 35.5. The summed E-state index contributed by atoms with van der Waals surface area (Å²) in [5, 5.41) is 22.1. The number of phenolic OH excluding ortho intramolecular Hbond substituents is 1. The molecule has 7 nitrogen and oxygen atoms in total. The largest absolute Gasteiger partial charge is 0.507 e. The molecule has 39 heavy (non-hydrogen) atoms. The zero-order valence-corrected chi connectivity index (χ0v) is 22.4. The van der Waals surface area contributed by atoms with Gasteiger partial charge in [-0.25, -0.2) is 0 Å². The van der Waals surface area contributed by atoms with Crippen LogP contribution in [0.1, 0.15) is 36.1 Å². The van der Waals surface area contributed by atoms with Crippen LogP contribution in [0.2, 0.25) is 5.02 Å². The molecule has 3 atom stereocenters. The molecule has 1 fully saturated rings.